The topological polar surface area (TPSA) is 61.1 Å². The lowest BCUT2D eigenvalue weighted by atomic mass is 10.1. The van der Waals surface area contributed by atoms with E-state index in [4.69, 9.17) is 0 Å². The van der Waals surface area contributed by atoms with Crippen LogP contribution in [0.2, 0.25) is 0 Å². The lowest BCUT2D eigenvalue weighted by molar-refractivity contribution is -0.710. The highest BCUT2D eigenvalue weighted by Crippen LogP contribution is 2.10. The molecule has 1 unspecified atom stereocenters. The Labute approximate surface area is 142 Å². The van der Waals surface area contributed by atoms with E-state index >= 15 is 0 Å². The van der Waals surface area contributed by atoms with Gasteiger partial charge in [0.2, 0.25) is 0 Å². The van der Waals surface area contributed by atoms with Gasteiger partial charge in [0.05, 0.1) is 4.90 Å². The zero-order valence-electron chi connectivity index (χ0n) is 13.3. The van der Waals surface area contributed by atoms with Crippen LogP contribution in [0.5, 0.6) is 0 Å². The maximum absolute atomic E-state index is 10.3. The van der Waals surface area contributed by atoms with E-state index in [9.17, 15) is 13.0 Å². The van der Waals surface area contributed by atoms with Gasteiger partial charge in [0.15, 0.2) is 18.4 Å². The molecule has 0 fully saturated rings. The van der Waals surface area contributed by atoms with E-state index in [1.165, 1.54) is 29.8 Å². The molecule has 3 aromatic rings. The highest BCUT2D eigenvalue weighted by Gasteiger charge is 2.12. The van der Waals surface area contributed by atoms with Crippen molar-refractivity contribution in [2.24, 2.45) is 0 Å². The summed E-state index contributed by atoms with van der Waals surface area (Å²) in [7, 11) is -4.25. The minimum absolute atomic E-state index is 0.185. The molecule has 0 N–H and O–H groups in total. The van der Waals surface area contributed by atoms with Crippen LogP contribution in [-0.2, 0) is 10.1 Å². The second-order valence-electron chi connectivity index (χ2n) is 5.18. The molecule has 124 valence electrons. The van der Waals surface area contributed by atoms with Crippen molar-refractivity contribution in [2.45, 2.75) is 17.9 Å². The van der Waals surface area contributed by atoms with Gasteiger partial charge in [-0.25, -0.2) is 8.42 Å². The first-order chi connectivity index (χ1) is 11.5. The summed E-state index contributed by atoms with van der Waals surface area (Å²) in [5, 5.41) is 0. The van der Waals surface area contributed by atoms with Gasteiger partial charge < -0.3 is 4.55 Å². The van der Waals surface area contributed by atoms with E-state index in [0.717, 1.165) is 0 Å². The monoisotopic (exact) mass is 341 g/mol. The lowest BCUT2D eigenvalue weighted by Gasteiger charge is -2.06. The molecule has 5 heteroatoms. The molecule has 2 aromatic carbocycles. The summed E-state index contributed by atoms with van der Waals surface area (Å²) < 4.78 is 33.0. The maximum atomic E-state index is 10.3. The van der Waals surface area contributed by atoms with Crippen molar-refractivity contribution in [2.75, 3.05) is 0 Å². The van der Waals surface area contributed by atoms with Gasteiger partial charge in [0, 0.05) is 24.6 Å². The molecular weight excluding hydrogens is 322 g/mol. The zero-order chi connectivity index (χ0) is 17.4. The Morgan fingerprint density at radius 1 is 0.792 bits per heavy atom. The van der Waals surface area contributed by atoms with Crippen molar-refractivity contribution < 1.29 is 17.5 Å². The molecule has 0 bridgehead atoms. The molecule has 0 spiro atoms. The first-order valence-corrected chi connectivity index (χ1v) is 8.91. The van der Waals surface area contributed by atoms with Crippen molar-refractivity contribution in [3.63, 3.8) is 0 Å². The van der Waals surface area contributed by atoms with Gasteiger partial charge in [-0.3, -0.25) is 0 Å². The number of benzene rings is 2. The molecule has 0 aliphatic heterocycles. The molecule has 1 atom stereocenters. The summed E-state index contributed by atoms with van der Waals surface area (Å²) >= 11 is 0. The van der Waals surface area contributed by atoms with E-state index in [1.807, 2.05) is 12.1 Å². The highest BCUT2D eigenvalue weighted by molar-refractivity contribution is 7.85. The fourth-order valence-corrected chi connectivity index (χ4v) is 2.65. The quantitative estimate of drug-likeness (QED) is 0.543. The summed E-state index contributed by atoms with van der Waals surface area (Å²) in [6.07, 6.45) is 4.19. The van der Waals surface area contributed by atoms with E-state index in [0.29, 0.717) is 6.04 Å². The third-order valence-electron chi connectivity index (χ3n) is 3.50. The van der Waals surface area contributed by atoms with Crippen LogP contribution in [0, 0.1) is 0 Å². The van der Waals surface area contributed by atoms with Crippen molar-refractivity contribution in [3.8, 4) is 0 Å². The van der Waals surface area contributed by atoms with Crippen LogP contribution >= 0.6 is 0 Å². The van der Waals surface area contributed by atoms with Gasteiger partial charge in [-0.1, -0.05) is 54.6 Å². The molecule has 24 heavy (non-hydrogen) atoms. The van der Waals surface area contributed by atoms with E-state index in [1.54, 1.807) is 6.07 Å². The zero-order valence-corrected chi connectivity index (χ0v) is 14.1. The Balaban J connectivity index is 0.000000185. The van der Waals surface area contributed by atoms with Crippen molar-refractivity contribution >= 4 is 10.1 Å². The third kappa shape index (κ3) is 5.30. The van der Waals surface area contributed by atoms with Crippen LogP contribution in [0.15, 0.2) is 96.2 Å². The molecule has 0 saturated carbocycles. The maximum Gasteiger partial charge on any atom is 0.180 e. The van der Waals surface area contributed by atoms with Crippen molar-refractivity contribution in [3.05, 3.63) is 96.8 Å². The second-order valence-corrected chi connectivity index (χ2v) is 6.56. The molecule has 0 aliphatic rings. The number of nitrogens with zero attached hydrogens (tertiary/aromatic N) is 1. The number of pyridine rings is 1. The minimum atomic E-state index is -4.25. The number of hydrogen-bond acceptors (Lipinski definition) is 3. The summed E-state index contributed by atoms with van der Waals surface area (Å²) in [5.74, 6) is 0. The van der Waals surface area contributed by atoms with Gasteiger partial charge in [-0.2, -0.15) is 4.57 Å². The van der Waals surface area contributed by atoms with Crippen molar-refractivity contribution in [1.82, 2.24) is 0 Å². The highest BCUT2D eigenvalue weighted by atomic mass is 32.2. The molecule has 1 aromatic heterocycles. The van der Waals surface area contributed by atoms with Crippen LogP contribution in [0.3, 0.4) is 0 Å². The summed E-state index contributed by atoms with van der Waals surface area (Å²) in [6.45, 7) is 2.20. The summed E-state index contributed by atoms with van der Waals surface area (Å²) in [5.41, 5.74) is 1.34. The van der Waals surface area contributed by atoms with Crippen LogP contribution in [-0.4, -0.2) is 13.0 Å². The summed E-state index contributed by atoms with van der Waals surface area (Å²) in [4.78, 5) is -0.185. The molecule has 0 amide bonds. The predicted octanol–water partition coefficient (Wildman–Crippen LogP) is 3.17. The average molecular weight is 341 g/mol. The SMILES string of the molecule is CC(c1ccccc1)[n+]1ccccc1.O=S(=O)([O-])c1ccccc1. The van der Waals surface area contributed by atoms with Gasteiger partial charge in [-0.05, 0) is 12.1 Å². The van der Waals surface area contributed by atoms with Gasteiger partial charge >= 0.3 is 0 Å². The molecule has 0 aliphatic carbocycles. The number of aromatic nitrogens is 1. The first-order valence-electron chi connectivity index (χ1n) is 7.50. The fourth-order valence-electron chi connectivity index (χ4n) is 2.16. The standard InChI is InChI=1S/C13H14N.C6H6O3S/c1-12(13-8-4-2-5-9-13)14-10-6-3-7-11-14;7-10(8,9)6-4-2-1-3-5-6/h2-12H,1H3;1-5H,(H,7,8,9)/q+1;/p-1. The Morgan fingerprint density at radius 3 is 1.71 bits per heavy atom. The lowest BCUT2D eigenvalue weighted by Crippen LogP contribution is -2.37. The fraction of sp³-hybridized carbons (Fsp3) is 0.105. The van der Waals surface area contributed by atoms with Gasteiger partial charge in [-0.15, -0.1) is 0 Å². The molecular formula is C19H19NO3S. The Kier molecular flexibility index (Phi) is 6.23. The largest absolute Gasteiger partial charge is 0.744 e. The minimum Gasteiger partial charge on any atom is -0.744 e. The van der Waals surface area contributed by atoms with Gasteiger partial charge in [0.1, 0.15) is 10.1 Å². The smallest absolute Gasteiger partial charge is 0.180 e. The number of rotatable bonds is 3. The van der Waals surface area contributed by atoms with Crippen LogP contribution in [0.25, 0.3) is 0 Å². The normalized spacial score (nSPS) is 11.9. The van der Waals surface area contributed by atoms with E-state index in [2.05, 4.69) is 60.3 Å². The molecule has 3 rings (SSSR count). The van der Waals surface area contributed by atoms with Crippen LogP contribution in [0.1, 0.15) is 18.5 Å². The van der Waals surface area contributed by atoms with Crippen molar-refractivity contribution in [1.29, 1.82) is 0 Å². The summed E-state index contributed by atoms with van der Waals surface area (Å²) in [6, 6.07) is 24.3. The molecule has 0 saturated heterocycles. The predicted molar refractivity (Wildman–Crippen MR) is 91.3 cm³/mol. The number of hydrogen-bond donors (Lipinski definition) is 0. The molecule has 1 heterocycles. The van der Waals surface area contributed by atoms with Crippen LogP contribution in [0.4, 0.5) is 0 Å². The van der Waals surface area contributed by atoms with E-state index in [-0.39, 0.29) is 4.90 Å². The third-order valence-corrected chi connectivity index (χ3v) is 4.35. The molecule has 0 radical (unpaired) electrons. The van der Waals surface area contributed by atoms with E-state index < -0.39 is 10.1 Å². The Bertz CT molecular complexity index is 796. The first kappa shape index (κ1) is 17.8. The average Bonchev–Trinajstić information content (AvgIpc) is 2.63. The van der Waals surface area contributed by atoms with Gasteiger partial charge in [0.25, 0.3) is 0 Å². The second kappa shape index (κ2) is 8.38. The van der Waals surface area contributed by atoms with Crippen LogP contribution < -0.4 is 4.57 Å². The Morgan fingerprint density at radius 2 is 1.25 bits per heavy atom. The molecule has 4 nitrogen and oxygen atoms in total. The Hall–Kier alpha value is -2.50.